The van der Waals surface area contributed by atoms with Gasteiger partial charge in [0.15, 0.2) is 0 Å². The highest BCUT2D eigenvalue weighted by Gasteiger charge is 2.21. The lowest BCUT2D eigenvalue weighted by Crippen LogP contribution is -2.23. The van der Waals surface area contributed by atoms with Crippen LogP contribution in [0.15, 0.2) is 42.6 Å². The number of carbonyl (C=O) groups is 1. The minimum Gasteiger partial charge on any atom is -0.494 e. The number of benzene rings is 2. The highest BCUT2D eigenvalue weighted by Crippen LogP contribution is 2.34. The molecule has 0 bridgehead atoms. The van der Waals surface area contributed by atoms with Crippen LogP contribution in [0.2, 0.25) is 5.02 Å². The molecule has 2 aromatic carbocycles. The molecule has 0 aliphatic rings. The van der Waals surface area contributed by atoms with Gasteiger partial charge in [-0.3, -0.25) is 0 Å². The van der Waals surface area contributed by atoms with Crippen LogP contribution in [-0.2, 0) is 4.74 Å². The minimum atomic E-state index is -0.560. The number of ether oxygens (including phenoxy) is 2. The molecule has 0 aliphatic heterocycles. The summed E-state index contributed by atoms with van der Waals surface area (Å²) in [5.41, 5.74) is 8.02. The predicted octanol–water partition coefficient (Wildman–Crippen LogP) is 5.56. The van der Waals surface area contributed by atoms with Gasteiger partial charge in [-0.25, -0.2) is 4.79 Å². The number of carbonyl (C=O) groups excluding carboxylic acids is 1. The summed E-state index contributed by atoms with van der Waals surface area (Å²) in [6.07, 6.45) is 3.54. The van der Waals surface area contributed by atoms with Gasteiger partial charge in [-0.1, -0.05) is 23.7 Å². The number of esters is 1. The Balaban J connectivity index is 1.86. The molecule has 0 spiro atoms. The first-order chi connectivity index (χ1) is 13.8. The maximum absolute atomic E-state index is 12.6. The monoisotopic (exact) mass is 414 g/mol. The summed E-state index contributed by atoms with van der Waals surface area (Å²) >= 11 is 6.51. The van der Waals surface area contributed by atoms with E-state index < -0.39 is 5.60 Å². The third kappa shape index (κ3) is 5.31. The molecular formula is C23H27ClN2O3. The highest BCUT2D eigenvalue weighted by molar-refractivity contribution is 6.34. The molecule has 1 aromatic heterocycles. The average molecular weight is 415 g/mol. The van der Waals surface area contributed by atoms with E-state index in [1.54, 1.807) is 6.20 Å². The number of hydrogen-bond donors (Lipinski definition) is 2. The quantitative estimate of drug-likeness (QED) is 0.392. The molecule has 5 nitrogen and oxygen atoms in total. The minimum absolute atomic E-state index is 0.363. The first-order valence-electron chi connectivity index (χ1n) is 9.76. The van der Waals surface area contributed by atoms with E-state index in [2.05, 4.69) is 4.98 Å². The van der Waals surface area contributed by atoms with Crippen LogP contribution in [0.4, 0.5) is 0 Å². The van der Waals surface area contributed by atoms with E-state index in [4.69, 9.17) is 26.8 Å². The molecule has 0 unspecified atom stereocenters. The summed E-state index contributed by atoms with van der Waals surface area (Å²) in [5.74, 6) is 0.442. The summed E-state index contributed by atoms with van der Waals surface area (Å²) in [6, 6.07) is 11.5. The normalized spacial score (nSPS) is 11.6. The third-order valence-electron chi connectivity index (χ3n) is 4.42. The Morgan fingerprint density at radius 3 is 2.52 bits per heavy atom. The summed E-state index contributed by atoms with van der Waals surface area (Å²) in [7, 11) is 0. The summed E-state index contributed by atoms with van der Waals surface area (Å²) in [5, 5.41) is 1.38. The zero-order chi connectivity index (χ0) is 21.0. The Hall–Kier alpha value is -2.50. The zero-order valence-corrected chi connectivity index (χ0v) is 17.8. The van der Waals surface area contributed by atoms with Crippen molar-refractivity contribution in [3.8, 4) is 16.9 Å². The number of H-pyrrole nitrogens is 1. The lowest BCUT2D eigenvalue weighted by atomic mass is 10.0. The molecule has 0 fully saturated rings. The van der Waals surface area contributed by atoms with E-state index in [0.717, 1.165) is 40.6 Å². The maximum Gasteiger partial charge on any atom is 0.340 e. The van der Waals surface area contributed by atoms with Crippen LogP contribution in [0.5, 0.6) is 5.75 Å². The van der Waals surface area contributed by atoms with Crippen LogP contribution in [0.3, 0.4) is 0 Å². The number of unbranched alkanes of at least 4 members (excludes halogenated alkanes) is 1. The van der Waals surface area contributed by atoms with Crippen molar-refractivity contribution in [3.63, 3.8) is 0 Å². The topological polar surface area (TPSA) is 77.3 Å². The Morgan fingerprint density at radius 1 is 1.14 bits per heavy atom. The number of rotatable bonds is 7. The molecule has 154 valence electrons. The molecule has 3 N–H and O–H groups in total. The van der Waals surface area contributed by atoms with Gasteiger partial charge in [0.1, 0.15) is 11.4 Å². The molecule has 3 aromatic rings. The second-order valence-corrected chi connectivity index (χ2v) is 8.36. The van der Waals surface area contributed by atoms with Gasteiger partial charge < -0.3 is 20.2 Å². The zero-order valence-electron chi connectivity index (χ0n) is 17.0. The van der Waals surface area contributed by atoms with Crippen molar-refractivity contribution in [2.24, 2.45) is 5.73 Å². The molecule has 6 heteroatoms. The molecule has 3 rings (SSSR count). The first kappa shape index (κ1) is 21.2. The van der Waals surface area contributed by atoms with Crippen LogP contribution >= 0.6 is 11.6 Å². The van der Waals surface area contributed by atoms with Crippen LogP contribution in [-0.4, -0.2) is 29.7 Å². The first-order valence-corrected chi connectivity index (χ1v) is 10.1. The number of aromatic nitrogens is 1. The van der Waals surface area contributed by atoms with E-state index in [0.29, 0.717) is 23.7 Å². The van der Waals surface area contributed by atoms with Gasteiger partial charge in [-0.2, -0.15) is 0 Å². The summed E-state index contributed by atoms with van der Waals surface area (Å²) in [6.45, 7) is 6.87. The fourth-order valence-corrected chi connectivity index (χ4v) is 3.31. The maximum atomic E-state index is 12.6. The number of fused-ring (bicyclic) bond motifs is 1. The Morgan fingerprint density at radius 2 is 1.86 bits per heavy atom. The Bertz CT molecular complexity index is 988. The van der Waals surface area contributed by atoms with Crippen LogP contribution in [0, 0.1) is 0 Å². The van der Waals surface area contributed by atoms with E-state index >= 15 is 0 Å². The van der Waals surface area contributed by atoms with Crippen LogP contribution in [0.1, 0.15) is 44.0 Å². The van der Waals surface area contributed by atoms with Crippen molar-refractivity contribution in [2.45, 2.75) is 39.2 Å². The van der Waals surface area contributed by atoms with Crippen LogP contribution < -0.4 is 10.5 Å². The van der Waals surface area contributed by atoms with Crippen molar-refractivity contribution in [1.29, 1.82) is 0 Å². The molecule has 0 amide bonds. The standard InChI is InChI=1S/C23H27ClN2O3/c1-23(2,3)29-22(27)19-14-26-21-13-20(24)17(12-18(19)21)15-6-8-16(9-7-15)28-11-5-4-10-25/h6-9,12-14,26H,4-5,10-11,25H2,1-3H3. The van der Waals surface area contributed by atoms with Crippen molar-refractivity contribution in [1.82, 2.24) is 4.98 Å². The van der Waals surface area contributed by atoms with Gasteiger partial charge >= 0.3 is 5.97 Å². The predicted molar refractivity (Wildman–Crippen MR) is 118 cm³/mol. The number of nitrogens with one attached hydrogen (secondary N) is 1. The van der Waals surface area contributed by atoms with Gasteiger partial charge in [0.2, 0.25) is 0 Å². The molecule has 0 atom stereocenters. The molecular weight excluding hydrogens is 388 g/mol. The summed E-state index contributed by atoms with van der Waals surface area (Å²) in [4.78, 5) is 15.7. The smallest absolute Gasteiger partial charge is 0.340 e. The van der Waals surface area contributed by atoms with Crippen molar-refractivity contribution in [3.05, 3.63) is 53.2 Å². The molecule has 0 radical (unpaired) electrons. The largest absolute Gasteiger partial charge is 0.494 e. The SMILES string of the molecule is CC(C)(C)OC(=O)c1c[nH]c2cc(Cl)c(-c3ccc(OCCCCN)cc3)cc12. The fourth-order valence-electron chi connectivity index (χ4n) is 3.03. The van der Waals surface area contributed by atoms with Crippen molar-refractivity contribution >= 4 is 28.5 Å². The molecule has 1 heterocycles. The second-order valence-electron chi connectivity index (χ2n) is 7.95. The Kier molecular flexibility index (Phi) is 6.50. The second kappa shape index (κ2) is 8.89. The van der Waals surface area contributed by atoms with Crippen molar-refractivity contribution in [2.75, 3.05) is 13.2 Å². The van der Waals surface area contributed by atoms with Gasteiger partial charge in [0.25, 0.3) is 0 Å². The van der Waals surface area contributed by atoms with E-state index in [-0.39, 0.29) is 5.97 Å². The van der Waals surface area contributed by atoms with E-state index in [9.17, 15) is 4.79 Å². The van der Waals surface area contributed by atoms with Crippen LogP contribution in [0.25, 0.3) is 22.0 Å². The Labute approximate surface area is 176 Å². The third-order valence-corrected chi connectivity index (χ3v) is 4.73. The molecule has 0 saturated carbocycles. The molecule has 29 heavy (non-hydrogen) atoms. The lowest BCUT2D eigenvalue weighted by molar-refractivity contribution is 0.00719. The van der Waals surface area contributed by atoms with Gasteiger partial charge in [0, 0.05) is 22.7 Å². The molecule has 0 aliphatic carbocycles. The average Bonchev–Trinajstić information content (AvgIpc) is 3.06. The number of aromatic amines is 1. The fraction of sp³-hybridized carbons (Fsp3) is 0.348. The number of nitrogens with two attached hydrogens (primary N) is 1. The van der Waals surface area contributed by atoms with E-state index in [1.807, 2.05) is 57.2 Å². The van der Waals surface area contributed by atoms with Gasteiger partial charge in [-0.15, -0.1) is 0 Å². The van der Waals surface area contributed by atoms with Gasteiger partial charge in [-0.05, 0) is 70.0 Å². The summed E-state index contributed by atoms with van der Waals surface area (Å²) < 4.78 is 11.2. The molecule has 0 saturated heterocycles. The lowest BCUT2D eigenvalue weighted by Gasteiger charge is -2.19. The number of hydrogen-bond acceptors (Lipinski definition) is 4. The highest BCUT2D eigenvalue weighted by atomic mass is 35.5. The number of halogens is 1. The van der Waals surface area contributed by atoms with Crippen molar-refractivity contribution < 1.29 is 14.3 Å². The van der Waals surface area contributed by atoms with E-state index in [1.165, 1.54) is 0 Å². The van der Waals surface area contributed by atoms with Gasteiger partial charge in [0.05, 0.1) is 17.2 Å².